The van der Waals surface area contributed by atoms with Crippen molar-refractivity contribution in [3.05, 3.63) is 29.3 Å². The van der Waals surface area contributed by atoms with E-state index in [0.717, 1.165) is 0 Å². The zero-order valence-electron chi connectivity index (χ0n) is 9.22. The molecule has 0 aliphatic carbocycles. The van der Waals surface area contributed by atoms with Crippen molar-refractivity contribution >= 4 is 45.1 Å². The quantitative estimate of drug-likeness (QED) is 0.550. The summed E-state index contributed by atoms with van der Waals surface area (Å²) in [6.07, 6.45) is 0. The van der Waals surface area contributed by atoms with E-state index < -0.39 is 10.3 Å². The molecule has 0 amide bonds. The average molecular weight is 362 g/mol. The fourth-order valence-electron chi connectivity index (χ4n) is 1.32. The van der Waals surface area contributed by atoms with Crippen molar-refractivity contribution in [2.45, 2.75) is 28.0 Å². The van der Waals surface area contributed by atoms with Gasteiger partial charge in [0.15, 0.2) is 0 Å². The van der Waals surface area contributed by atoms with Crippen molar-refractivity contribution in [1.29, 1.82) is 0 Å². The predicted octanol–water partition coefficient (Wildman–Crippen LogP) is 5.06. The average Bonchev–Trinajstić information content (AvgIpc) is 2.26. The van der Waals surface area contributed by atoms with Crippen molar-refractivity contribution in [3.8, 4) is 0 Å². The van der Waals surface area contributed by atoms with Gasteiger partial charge in [-0.15, -0.1) is 11.6 Å². The van der Waals surface area contributed by atoms with Crippen LogP contribution in [0.3, 0.4) is 0 Å². The van der Waals surface area contributed by atoms with Gasteiger partial charge in [0.05, 0.1) is 4.83 Å². The molecular formula is C11H9BrClF3OS. The first-order valence-corrected chi connectivity index (χ1v) is 7.10. The van der Waals surface area contributed by atoms with E-state index in [0.29, 0.717) is 11.1 Å². The van der Waals surface area contributed by atoms with Crippen LogP contribution in [-0.4, -0.2) is 11.3 Å². The maximum atomic E-state index is 12.4. The van der Waals surface area contributed by atoms with Crippen LogP contribution in [0.4, 0.5) is 13.2 Å². The second kappa shape index (κ2) is 6.30. The van der Waals surface area contributed by atoms with Gasteiger partial charge in [-0.3, -0.25) is 4.79 Å². The molecule has 0 saturated carbocycles. The summed E-state index contributed by atoms with van der Waals surface area (Å²) in [6, 6.07) is 4.37. The lowest BCUT2D eigenvalue weighted by molar-refractivity contribution is -0.116. The maximum absolute atomic E-state index is 12.4. The first-order valence-electron chi connectivity index (χ1n) is 4.83. The molecule has 0 aliphatic rings. The molecule has 1 nitrogen and oxygen atoms in total. The van der Waals surface area contributed by atoms with Gasteiger partial charge in [0.1, 0.15) is 5.78 Å². The van der Waals surface area contributed by atoms with Crippen LogP contribution in [0.1, 0.15) is 22.9 Å². The van der Waals surface area contributed by atoms with Crippen LogP contribution in [0.25, 0.3) is 0 Å². The van der Waals surface area contributed by atoms with Crippen molar-refractivity contribution in [3.63, 3.8) is 0 Å². The smallest absolute Gasteiger partial charge is 0.298 e. The summed E-state index contributed by atoms with van der Waals surface area (Å²) in [4.78, 5) is 10.5. The van der Waals surface area contributed by atoms with Crippen molar-refractivity contribution in [1.82, 2.24) is 0 Å². The van der Waals surface area contributed by atoms with Gasteiger partial charge in [0.25, 0.3) is 0 Å². The van der Waals surface area contributed by atoms with Crippen molar-refractivity contribution < 1.29 is 18.0 Å². The number of rotatable bonds is 4. The molecule has 1 atom stereocenters. The summed E-state index contributed by atoms with van der Waals surface area (Å²) < 4.78 is 37.2. The van der Waals surface area contributed by atoms with E-state index in [4.69, 9.17) is 11.6 Å². The Balaban J connectivity index is 3.20. The van der Waals surface area contributed by atoms with E-state index in [1.165, 1.54) is 25.1 Å². The monoisotopic (exact) mass is 360 g/mol. The third-order valence-electron chi connectivity index (χ3n) is 2.08. The van der Waals surface area contributed by atoms with E-state index in [2.05, 4.69) is 15.9 Å². The molecule has 0 N–H and O–H groups in total. The first-order chi connectivity index (χ1) is 8.24. The Morgan fingerprint density at radius 2 is 2.11 bits per heavy atom. The molecular weight excluding hydrogens is 353 g/mol. The van der Waals surface area contributed by atoms with Gasteiger partial charge in [0.2, 0.25) is 0 Å². The first kappa shape index (κ1) is 15.9. The van der Waals surface area contributed by atoms with E-state index >= 15 is 0 Å². The SMILES string of the molecule is CC(=O)C(Br)c1cc(CCl)ccc1SC(F)(F)F. The van der Waals surface area contributed by atoms with Crippen LogP contribution in [0.2, 0.25) is 0 Å². The highest BCUT2D eigenvalue weighted by Gasteiger charge is 2.31. The van der Waals surface area contributed by atoms with Crippen LogP contribution in [0.5, 0.6) is 0 Å². The highest BCUT2D eigenvalue weighted by molar-refractivity contribution is 9.09. The summed E-state index contributed by atoms with van der Waals surface area (Å²) in [5.74, 6) is -0.0764. The molecule has 18 heavy (non-hydrogen) atoms. The molecule has 7 heteroatoms. The minimum absolute atomic E-state index is 0.00782. The van der Waals surface area contributed by atoms with Gasteiger partial charge in [-0.05, 0) is 35.9 Å². The molecule has 0 aliphatic heterocycles. The Morgan fingerprint density at radius 1 is 1.50 bits per heavy atom. The molecule has 0 bridgehead atoms. The number of thioether (sulfide) groups is 1. The second-order valence-electron chi connectivity index (χ2n) is 3.53. The number of ketones is 1. The Morgan fingerprint density at radius 3 is 2.56 bits per heavy atom. The van der Waals surface area contributed by atoms with E-state index in [-0.39, 0.29) is 28.3 Å². The molecule has 0 fully saturated rings. The zero-order valence-corrected chi connectivity index (χ0v) is 12.4. The maximum Gasteiger partial charge on any atom is 0.446 e. The molecule has 1 aromatic carbocycles. The zero-order chi connectivity index (χ0) is 13.9. The standard InChI is InChI=1S/C11H9BrClF3OS/c1-6(17)10(12)8-4-7(5-13)2-3-9(8)18-11(14,15)16/h2-4,10H,5H2,1H3. The Bertz CT molecular complexity index is 450. The van der Waals surface area contributed by atoms with Gasteiger partial charge in [-0.1, -0.05) is 28.1 Å². The Kier molecular flexibility index (Phi) is 5.55. The highest BCUT2D eigenvalue weighted by Crippen LogP contribution is 2.42. The largest absolute Gasteiger partial charge is 0.446 e. The number of hydrogen-bond acceptors (Lipinski definition) is 2. The molecule has 1 rings (SSSR count). The number of halogens is 5. The van der Waals surface area contributed by atoms with Crippen LogP contribution in [-0.2, 0) is 10.7 Å². The third-order valence-corrected chi connectivity index (χ3v) is 4.35. The molecule has 0 saturated heterocycles. The van der Waals surface area contributed by atoms with Crippen molar-refractivity contribution in [2.24, 2.45) is 0 Å². The predicted molar refractivity (Wildman–Crippen MR) is 70.3 cm³/mol. The Labute approximate surface area is 120 Å². The number of carbonyl (C=O) groups excluding carboxylic acids is 1. The van der Waals surface area contributed by atoms with Gasteiger partial charge >= 0.3 is 5.51 Å². The fraction of sp³-hybridized carbons (Fsp3) is 0.364. The van der Waals surface area contributed by atoms with Crippen LogP contribution in [0, 0.1) is 0 Å². The molecule has 100 valence electrons. The topological polar surface area (TPSA) is 17.1 Å². The minimum Gasteiger partial charge on any atom is -0.298 e. The number of benzene rings is 1. The summed E-state index contributed by atoms with van der Waals surface area (Å²) in [6.45, 7) is 1.31. The molecule has 0 radical (unpaired) electrons. The molecule has 0 aromatic heterocycles. The van der Waals surface area contributed by atoms with Gasteiger partial charge in [-0.25, -0.2) is 0 Å². The van der Waals surface area contributed by atoms with Gasteiger partial charge < -0.3 is 0 Å². The fourth-order valence-corrected chi connectivity index (χ4v) is 2.69. The minimum atomic E-state index is -4.39. The lowest BCUT2D eigenvalue weighted by Gasteiger charge is -2.15. The van der Waals surface area contributed by atoms with Crippen LogP contribution >= 0.6 is 39.3 Å². The number of hydrogen-bond donors (Lipinski definition) is 0. The summed E-state index contributed by atoms with van der Waals surface area (Å²) in [5, 5.41) is 0. The van der Waals surface area contributed by atoms with E-state index in [1.54, 1.807) is 0 Å². The number of carbonyl (C=O) groups is 1. The number of Topliss-reactive ketones (excluding diaryl/α,β-unsaturated/α-hetero) is 1. The van der Waals surface area contributed by atoms with Crippen LogP contribution in [0.15, 0.2) is 23.1 Å². The molecule has 1 aromatic rings. The number of alkyl halides is 5. The van der Waals surface area contributed by atoms with E-state index in [1.807, 2.05) is 0 Å². The van der Waals surface area contributed by atoms with E-state index in [9.17, 15) is 18.0 Å². The Hall–Kier alpha value is -0.200. The summed E-state index contributed by atoms with van der Waals surface area (Å²) >= 11 is 8.51. The second-order valence-corrected chi connectivity index (χ2v) is 5.82. The van der Waals surface area contributed by atoms with Crippen molar-refractivity contribution in [2.75, 3.05) is 0 Å². The normalized spacial score (nSPS) is 13.4. The lowest BCUT2D eigenvalue weighted by atomic mass is 10.1. The van der Waals surface area contributed by atoms with Gasteiger partial charge in [0, 0.05) is 10.8 Å². The molecule has 1 unspecified atom stereocenters. The lowest BCUT2D eigenvalue weighted by Crippen LogP contribution is -2.06. The van der Waals surface area contributed by atoms with Crippen LogP contribution < -0.4 is 0 Å². The highest BCUT2D eigenvalue weighted by atomic mass is 79.9. The molecule has 0 spiro atoms. The summed E-state index contributed by atoms with van der Waals surface area (Å²) in [7, 11) is 0. The van der Waals surface area contributed by atoms with Gasteiger partial charge in [-0.2, -0.15) is 13.2 Å². The third kappa shape index (κ3) is 4.48. The summed E-state index contributed by atoms with van der Waals surface area (Å²) in [5.41, 5.74) is -3.42. The molecule has 0 heterocycles.